The molecule has 0 saturated carbocycles. The smallest absolute Gasteiger partial charge is 0.315 e. The Bertz CT molecular complexity index is 431. The van der Waals surface area contributed by atoms with Crippen LogP contribution in [0.2, 0.25) is 0 Å². The Hall–Kier alpha value is -2.04. The average Bonchev–Trinajstić information content (AvgIpc) is 2.36. The Labute approximate surface area is 106 Å². The number of para-hydroxylation sites is 1. The number of hydrogen-bond donors (Lipinski definition) is 2. The van der Waals surface area contributed by atoms with Crippen LogP contribution in [-0.4, -0.2) is 23.6 Å². The number of carbonyl (C=O) groups is 2. The standard InChI is InChI=1S/C13H17NO4/c1-3-18-11-7-5-4-6-10(11)8-14-12(15)9(2)13(16)17/h4-7,9H,3,8H2,1-2H3,(H,14,15)(H,16,17). The van der Waals surface area contributed by atoms with Gasteiger partial charge in [-0.15, -0.1) is 0 Å². The van der Waals surface area contributed by atoms with E-state index >= 15 is 0 Å². The van der Waals surface area contributed by atoms with Crippen molar-refractivity contribution in [2.45, 2.75) is 20.4 Å². The van der Waals surface area contributed by atoms with Crippen molar-refractivity contribution in [3.05, 3.63) is 29.8 Å². The number of hydrogen-bond acceptors (Lipinski definition) is 3. The van der Waals surface area contributed by atoms with Crippen molar-refractivity contribution in [2.24, 2.45) is 5.92 Å². The SMILES string of the molecule is CCOc1ccccc1CNC(=O)C(C)C(=O)O. The molecule has 0 heterocycles. The second kappa shape index (κ2) is 6.64. The van der Waals surface area contributed by atoms with Crippen LogP contribution in [0.5, 0.6) is 5.75 Å². The summed E-state index contributed by atoms with van der Waals surface area (Å²) in [6.45, 7) is 4.02. The first-order valence-corrected chi connectivity index (χ1v) is 5.77. The van der Waals surface area contributed by atoms with Crippen molar-refractivity contribution in [1.82, 2.24) is 5.32 Å². The summed E-state index contributed by atoms with van der Waals surface area (Å²) < 4.78 is 5.41. The molecule has 0 aliphatic heterocycles. The van der Waals surface area contributed by atoms with Crippen LogP contribution in [0.25, 0.3) is 0 Å². The van der Waals surface area contributed by atoms with Crippen molar-refractivity contribution in [2.75, 3.05) is 6.61 Å². The Kier molecular flexibility index (Phi) is 5.17. The van der Waals surface area contributed by atoms with E-state index in [1.54, 1.807) is 0 Å². The van der Waals surface area contributed by atoms with Gasteiger partial charge in [0.05, 0.1) is 6.61 Å². The molecule has 0 saturated heterocycles. The molecule has 1 aromatic carbocycles. The van der Waals surface area contributed by atoms with Gasteiger partial charge in [0.1, 0.15) is 11.7 Å². The average molecular weight is 251 g/mol. The monoisotopic (exact) mass is 251 g/mol. The maximum Gasteiger partial charge on any atom is 0.315 e. The Morgan fingerprint density at radius 1 is 1.39 bits per heavy atom. The molecule has 18 heavy (non-hydrogen) atoms. The molecule has 1 unspecified atom stereocenters. The van der Waals surface area contributed by atoms with Crippen molar-refractivity contribution in [3.63, 3.8) is 0 Å². The molecule has 5 nitrogen and oxygen atoms in total. The molecule has 0 radical (unpaired) electrons. The minimum absolute atomic E-state index is 0.257. The highest BCUT2D eigenvalue weighted by atomic mass is 16.5. The molecular formula is C13H17NO4. The van der Waals surface area contributed by atoms with Crippen LogP contribution >= 0.6 is 0 Å². The maximum absolute atomic E-state index is 11.5. The number of carboxylic acid groups (broad SMARTS) is 1. The van der Waals surface area contributed by atoms with Crippen LogP contribution in [0.3, 0.4) is 0 Å². The number of nitrogens with one attached hydrogen (secondary N) is 1. The second-order valence-corrected chi connectivity index (χ2v) is 3.82. The molecule has 98 valence electrons. The third-order valence-corrected chi connectivity index (χ3v) is 2.49. The number of carboxylic acids is 1. The van der Waals surface area contributed by atoms with E-state index in [0.717, 1.165) is 5.56 Å². The minimum atomic E-state index is -1.13. The lowest BCUT2D eigenvalue weighted by Crippen LogP contribution is -2.33. The highest BCUT2D eigenvalue weighted by molar-refractivity contribution is 5.96. The summed E-state index contributed by atoms with van der Waals surface area (Å²) in [7, 11) is 0. The highest BCUT2D eigenvalue weighted by Crippen LogP contribution is 2.17. The minimum Gasteiger partial charge on any atom is -0.494 e. The zero-order valence-corrected chi connectivity index (χ0v) is 10.5. The van der Waals surface area contributed by atoms with Gasteiger partial charge in [0.2, 0.25) is 5.91 Å². The summed E-state index contributed by atoms with van der Waals surface area (Å²) >= 11 is 0. The molecule has 0 bridgehead atoms. The van der Waals surface area contributed by atoms with Crippen LogP contribution in [0, 0.1) is 5.92 Å². The summed E-state index contributed by atoms with van der Waals surface area (Å²) in [4.78, 5) is 22.1. The van der Waals surface area contributed by atoms with Crippen LogP contribution < -0.4 is 10.1 Å². The van der Waals surface area contributed by atoms with Crippen LogP contribution in [0.1, 0.15) is 19.4 Å². The fourth-order valence-electron chi connectivity index (χ4n) is 1.39. The molecule has 1 aromatic rings. The first-order valence-electron chi connectivity index (χ1n) is 5.77. The van der Waals surface area contributed by atoms with Crippen molar-refractivity contribution in [3.8, 4) is 5.75 Å². The molecule has 0 spiro atoms. The zero-order chi connectivity index (χ0) is 13.5. The van der Waals surface area contributed by atoms with Crippen LogP contribution in [0.15, 0.2) is 24.3 Å². The molecule has 5 heteroatoms. The Balaban J connectivity index is 2.63. The lowest BCUT2D eigenvalue weighted by atomic mass is 10.1. The van der Waals surface area contributed by atoms with Gasteiger partial charge in [-0.25, -0.2) is 0 Å². The quantitative estimate of drug-likeness (QED) is 0.750. The summed E-state index contributed by atoms with van der Waals surface area (Å²) in [5, 5.41) is 11.3. The van der Waals surface area contributed by atoms with Gasteiger partial charge in [-0.2, -0.15) is 0 Å². The summed E-state index contributed by atoms with van der Waals surface area (Å²) in [6, 6.07) is 7.32. The van der Waals surface area contributed by atoms with Gasteiger partial charge < -0.3 is 15.2 Å². The fourth-order valence-corrected chi connectivity index (χ4v) is 1.39. The number of benzene rings is 1. The molecule has 0 aromatic heterocycles. The Morgan fingerprint density at radius 3 is 2.67 bits per heavy atom. The zero-order valence-electron chi connectivity index (χ0n) is 10.5. The number of carbonyl (C=O) groups excluding carboxylic acids is 1. The van der Waals surface area contributed by atoms with E-state index in [1.165, 1.54) is 6.92 Å². The van der Waals surface area contributed by atoms with Gasteiger partial charge in [0.25, 0.3) is 0 Å². The first-order chi connectivity index (χ1) is 8.56. The number of rotatable bonds is 6. The van der Waals surface area contributed by atoms with E-state index in [2.05, 4.69) is 5.32 Å². The molecule has 0 fully saturated rings. The largest absolute Gasteiger partial charge is 0.494 e. The molecule has 1 amide bonds. The van der Waals surface area contributed by atoms with E-state index in [9.17, 15) is 9.59 Å². The first kappa shape index (κ1) is 14.0. The van der Waals surface area contributed by atoms with Gasteiger partial charge >= 0.3 is 5.97 Å². The lowest BCUT2D eigenvalue weighted by molar-refractivity contribution is -0.146. The predicted molar refractivity (Wildman–Crippen MR) is 66.3 cm³/mol. The van der Waals surface area contributed by atoms with Gasteiger partial charge in [0.15, 0.2) is 0 Å². The normalized spacial score (nSPS) is 11.7. The fraction of sp³-hybridized carbons (Fsp3) is 0.385. The summed E-state index contributed by atoms with van der Waals surface area (Å²) in [5.74, 6) is -1.99. The predicted octanol–water partition coefficient (Wildman–Crippen LogP) is 1.42. The maximum atomic E-state index is 11.5. The number of amides is 1. The summed E-state index contributed by atoms with van der Waals surface area (Å²) in [6.07, 6.45) is 0. The van der Waals surface area contributed by atoms with Gasteiger partial charge in [-0.3, -0.25) is 9.59 Å². The summed E-state index contributed by atoms with van der Waals surface area (Å²) in [5.41, 5.74) is 0.824. The van der Waals surface area contributed by atoms with E-state index in [0.29, 0.717) is 12.4 Å². The lowest BCUT2D eigenvalue weighted by Gasteiger charge is -2.12. The highest BCUT2D eigenvalue weighted by Gasteiger charge is 2.20. The van der Waals surface area contributed by atoms with Crippen LogP contribution in [0.4, 0.5) is 0 Å². The molecular weight excluding hydrogens is 234 g/mol. The molecule has 1 rings (SSSR count). The van der Waals surface area contributed by atoms with E-state index in [-0.39, 0.29) is 6.54 Å². The second-order valence-electron chi connectivity index (χ2n) is 3.82. The van der Waals surface area contributed by atoms with Crippen molar-refractivity contribution < 1.29 is 19.4 Å². The third-order valence-electron chi connectivity index (χ3n) is 2.49. The third kappa shape index (κ3) is 3.76. The van der Waals surface area contributed by atoms with E-state index < -0.39 is 17.8 Å². The van der Waals surface area contributed by atoms with E-state index in [1.807, 2.05) is 31.2 Å². The molecule has 0 aliphatic rings. The molecule has 0 aliphatic carbocycles. The van der Waals surface area contributed by atoms with Crippen LogP contribution in [-0.2, 0) is 16.1 Å². The molecule has 1 atom stereocenters. The van der Waals surface area contributed by atoms with Gasteiger partial charge in [-0.1, -0.05) is 18.2 Å². The molecule has 2 N–H and O–H groups in total. The number of aliphatic carboxylic acids is 1. The Morgan fingerprint density at radius 2 is 2.06 bits per heavy atom. The number of ether oxygens (including phenoxy) is 1. The van der Waals surface area contributed by atoms with Crippen molar-refractivity contribution in [1.29, 1.82) is 0 Å². The van der Waals surface area contributed by atoms with Gasteiger partial charge in [-0.05, 0) is 19.9 Å². The van der Waals surface area contributed by atoms with Gasteiger partial charge in [0, 0.05) is 12.1 Å². The topological polar surface area (TPSA) is 75.6 Å². The van der Waals surface area contributed by atoms with Crippen molar-refractivity contribution >= 4 is 11.9 Å². The van der Waals surface area contributed by atoms with E-state index in [4.69, 9.17) is 9.84 Å².